The standard InChI is InChI=1S/C45H51ClF3N3O9S/c1-25-22-44(2,3)51(6)31-20-33-29(18-27(25)31)35(30-19-28-26(24-62(56,57)58)23-45(4,5)52(7)32(28)21-34(30)61-33)36-37(43(54)55)40(48)41(49)38(39(36)47)42(53)50-13-15-60-17-16-59-14-11-9-8-10-12-46/h18-23H,8-17,24H2,1-7H3,(H2-,50,53,54,55,56,57,58). The number of unbranched alkanes of at least 4 members (excludes halogenated alkanes) is 3. The van der Waals surface area contributed by atoms with Crippen LogP contribution in [0.4, 0.5) is 18.9 Å². The van der Waals surface area contributed by atoms with Crippen molar-refractivity contribution in [3.05, 3.63) is 97.8 Å². The predicted octanol–water partition coefficient (Wildman–Crippen LogP) is 5.20. The molecular weight excluding hydrogens is 851 g/mol. The third-order valence-corrected chi connectivity index (χ3v) is 12.6. The van der Waals surface area contributed by atoms with Gasteiger partial charge in [0.1, 0.15) is 35.7 Å². The zero-order chi connectivity index (χ0) is 45.5. The Bertz CT molecular complexity index is 2650. The van der Waals surface area contributed by atoms with Crippen LogP contribution in [0.15, 0.2) is 36.4 Å². The lowest BCUT2D eigenvalue weighted by molar-refractivity contribution is -0.255. The molecule has 0 atom stereocenters. The topological polar surface area (TPSA) is 158 Å². The van der Waals surface area contributed by atoms with Crippen LogP contribution < -0.4 is 35.2 Å². The third-order valence-electron chi connectivity index (χ3n) is 11.7. The number of likely N-dealkylation sites (N-methyl/N-ethyl adjacent to an activating group) is 2. The van der Waals surface area contributed by atoms with Crippen molar-refractivity contribution in [3.8, 4) is 11.5 Å². The maximum atomic E-state index is 17.4. The number of hydrogen-bond acceptors (Lipinski definition) is 9. The first-order chi connectivity index (χ1) is 29.1. The molecule has 0 fully saturated rings. The molecule has 3 aromatic carbocycles. The SMILES string of the molecule is CC1=CC(C)(C)N(C)c2cc3c(cc21)C(c1c(F)c(C(=O)NCCOCCOCCCCCCCl)c(F)c(F)c1C(=O)[O-])=c1cc2c(cc1O3)=[N+](C)C(C)(C)C=C2CS(=O)(=O)O. The van der Waals surface area contributed by atoms with Crippen molar-refractivity contribution >= 4 is 56.0 Å². The molecule has 0 saturated carbocycles. The Hall–Kier alpha value is -4.74. The van der Waals surface area contributed by atoms with Crippen molar-refractivity contribution in [2.45, 2.75) is 71.4 Å². The number of fused-ring (bicyclic) bond motifs is 4. The van der Waals surface area contributed by atoms with Gasteiger partial charge in [-0.25, -0.2) is 17.7 Å². The van der Waals surface area contributed by atoms with E-state index in [1.807, 2.05) is 57.2 Å². The first kappa shape index (κ1) is 46.8. The minimum atomic E-state index is -4.61. The van der Waals surface area contributed by atoms with Crippen LogP contribution in [0.5, 0.6) is 11.5 Å². The molecule has 2 N–H and O–H groups in total. The second-order valence-electron chi connectivity index (χ2n) is 16.8. The summed E-state index contributed by atoms with van der Waals surface area (Å²) in [4.78, 5) is 28.4. The number of aromatic carboxylic acids is 1. The van der Waals surface area contributed by atoms with E-state index in [1.165, 1.54) is 6.07 Å². The largest absolute Gasteiger partial charge is 0.545 e. The number of anilines is 1. The van der Waals surface area contributed by atoms with Gasteiger partial charge in [-0.2, -0.15) is 8.42 Å². The highest BCUT2D eigenvalue weighted by Crippen LogP contribution is 2.47. The molecule has 334 valence electrons. The van der Waals surface area contributed by atoms with Gasteiger partial charge < -0.3 is 34.3 Å². The van der Waals surface area contributed by atoms with Crippen molar-refractivity contribution in [3.63, 3.8) is 0 Å². The van der Waals surface area contributed by atoms with E-state index in [1.54, 1.807) is 31.3 Å². The second kappa shape index (κ2) is 18.2. The molecule has 3 aromatic rings. The van der Waals surface area contributed by atoms with E-state index in [0.717, 1.165) is 31.3 Å². The molecule has 0 aromatic heterocycles. The van der Waals surface area contributed by atoms with Gasteiger partial charge in [0.2, 0.25) is 5.36 Å². The number of nitrogens with zero attached hydrogens (tertiary/aromatic N) is 2. The molecule has 0 unspecified atom stereocenters. The lowest BCUT2D eigenvalue weighted by atomic mass is 9.83. The fourth-order valence-corrected chi connectivity index (χ4v) is 9.01. The average Bonchev–Trinajstić information content (AvgIpc) is 3.18. The summed E-state index contributed by atoms with van der Waals surface area (Å²) < 4.78 is 104. The Balaban J connectivity index is 1.52. The Morgan fingerprint density at radius 1 is 0.887 bits per heavy atom. The number of carboxylic acid groups (broad SMARTS) is 1. The number of rotatable bonds is 17. The zero-order valence-corrected chi connectivity index (χ0v) is 37.3. The quantitative estimate of drug-likeness (QED) is 0.0475. The third kappa shape index (κ3) is 9.30. The minimum Gasteiger partial charge on any atom is -0.545 e. The summed E-state index contributed by atoms with van der Waals surface area (Å²) in [6, 6.07) is 6.27. The van der Waals surface area contributed by atoms with Crippen molar-refractivity contribution < 1.29 is 55.0 Å². The van der Waals surface area contributed by atoms with E-state index in [0.29, 0.717) is 29.1 Å². The summed E-state index contributed by atoms with van der Waals surface area (Å²) in [6.45, 7) is 10.1. The summed E-state index contributed by atoms with van der Waals surface area (Å²) >= 11 is 5.69. The van der Waals surface area contributed by atoms with Gasteiger partial charge in [0.05, 0.1) is 43.0 Å². The van der Waals surface area contributed by atoms with Gasteiger partial charge in [0, 0.05) is 84.7 Å². The van der Waals surface area contributed by atoms with Crippen LogP contribution in [-0.4, -0.2) is 94.6 Å². The smallest absolute Gasteiger partial charge is 0.269 e. The Kier molecular flexibility index (Phi) is 13.7. The molecule has 12 nitrogen and oxygen atoms in total. The number of carboxylic acids is 1. The number of benzene rings is 3. The molecule has 3 aliphatic rings. The minimum absolute atomic E-state index is 0.0267. The van der Waals surface area contributed by atoms with Crippen molar-refractivity contribution in [2.24, 2.45) is 0 Å². The van der Waals surface area contributed by atoms with E-state index >= 15 is 13.2 Å². The first-order valence-electron chi connectivity index (χ1n) is 20.3. The first-order valence-corrected chi connectivity index (χ1v) is 22.4. The molecule has 1 amide bonds. The Morgan fingerprint density at radius 3 is 2.21 bits per heavy atom. The van der Waals surface area contributed by atoms with Gasteiger partial charge in [-0.1, -0.05) is 18.9 Å². The normalized spacial score (nSPS) is 16.1. The highest BCUT2D eigenvalue weighted by atomic mass is 35.5. The summed E-state index contributed by atoms with van der Waals surface area (Å²) in [7, 11) is -0.995. The number of halogens is 4. The van der Waals surface area contributed by atoms with Crippen LogP contribution in [0.25, 0.3) is 16.7 Å². The van der Waals surface area contributed by atoms with Crippen LogP contribution in [0.1, 0.15) is 103 Å². The lowest BCUT2D eigenvalue weighted by Crippen LogP contribution is -2.47. The molecule has 0 saturated heterocycles. The van der Waals surface area contributed by atoms with Crippen LogP contribution in [0.2, 0.25) is 0 Å². The summed E-state index contributed by atoms with van der Waals surface area (Å²) in [5.41, 5.74) is -2.84. The highest BCUT2D eigenvalue weighted by molar-refractivity contribution is 7.86. The number of allylic oxidation sites excluding steroid dienone is 1. The molecule has 0 spiro atoms. The number of ether oxygens (including phenoxy) is 3. The van der Waals surface area contributed by atoms with Crippen molar-refractivity contribution in [2.75, 3.05) is 63.6 Å². The van der Waals surface area contributed by atoms with Crippen LogP contribution in [-0.2, 0) is 19.6 Å². The molecular formula is C45H51ClF3N3O9S. The molecule has 0 bridgehead atoms. The number of carbonyl (C=O) groups excluding carboxylic acids is 2. The van der Waals surface area contributed by atoms with E-state index in [9.17, 15) is 27.7 Å². The molecule has 62 heavy (non-hydrogen) atoms. The van der Waals surface area contributed by atoms with Gasteiger partial charge >= 0.3 is 0 Å². The van der Waals surface area contributed by atoms with Crippen LogP contribution >= 0.6 is 11.6 Å². The maximum Gasteiger partial charge on any atom is 0.269 e. The van der Waals surface area contributed by atoms with Gasteiger partial charge in [0.15, 0.2) is 17.2 Å². The van der Waals surface area contributed by atoms with Crippen molar-refractivity contribution in [1.82, 2.24) is 9.89 Å². The van der Waals surface area contributed by atoms with Gasteiger partial charge in [-0.15, -0.1) is 11.6 Å². The monoisotopic (exact) mass is 901 g/mol. The summed E-state index contributed by atoms with van der Waals surface area (Å²) in [6.07, 6.45) is 7.41. The molecule has 0 aliphatic carbocycles. The lowest BCUT2D eigenvalue weighted by Gasteiger charge is -2.41. The fraction of sp³-hybridized carbons (Fsp3) is 0.444. The molecule has 3 heterocycles. The Morgan fingerprint density at radius 2 is 1.55 bits per heavy atom. The number of nitrogens with one attached hydrogen (secondary N) is 1. The molecule has 6 rings (SSSR count). The molecule has 0 radical (unpaired) electrons. The van der Waals surface area contributed by atoms with Crippen molar-refractivity contribution in [1.29, 1.82) is 0 Å². The molecule has 17 heteroatoms. The number of amides is 1. The van der Waals surface area contributed by atoms with Gasteiger partial charge in [-0.3, -0.25) is 9.35 Å². The zero-order valence-electron chi connectivity index (χ0n) is 35.8. The average molecular weight is 902 g/mol. The van der Waals surface area contributed by atoms with Gasteiger partial charge in [-0.05, 0) is 63.0 Å². The maximum absolute atomic E-state index is 17.4. The fourth-order valence-electron chi connectivity index (χ4n) is 8.19. The number of alkyl halides is 1. The second-order valence-corrected chi connectivity index (χ2v) is 18.6. The number of carbonyl (C=O) groups is 2. The Labute approximate surface area is 364 Å². The van der Waals surface area contributed by atoms with E-state index in [4.69, 9.17) is 25.8 Å². The summed E-state index contributed by atoms with van der Waals surface area (Å²) in [5.74, 6) is -9.50. The summed E-state index contributed by atoms with van der Waals surface area (Å²) in [5, 5.41) is 15.6. The highest BCUT2D eigenvalue weighted by Gasteiger charge is 2.39. The predicted molar refractivity (Wildman–Crippen MR) is 229 cm³/mol. The van der Waals surface area contributed by atoms with E-state index < -0.39 is 73.0 Å². The number of hydrogen-bond donors (Lipinski definition) is 2. The van der Waals surface area contributed by atoms with Crippen LogP contribution in [0, 0.1) is 17.5 Å². The van der Waals surface area contributed by atoms with E-state index in [2.05, 4.69) is 5.32 Å². The van der Waals surface area contributed by atoms with Gasteiger partial charge in [0.25, 0.3) is 16.0 Å². The van der Waals surface area contributed by atoms with E-state index in [-0.39, 0.29) is 65.4 Å². The van der Waals surface area contributed by atoms with Crippen LogP contribution in [0.3, 0.4) is 0 Å². The molecule has 3 aliphatic heterocycles.